The number of nitrogens with one attached hydrogen (secondary N) is 5. The van der Waals surface area contributed by atoms with Crippen molar-refractivity contribution >= 4 is 68.0 Å². The van der Waals surface area contributed by atoms with Crippen LogP contribution in [0.2, 0.25) is 0 Å². The lowest BCUT2D eigenvalue weighted by molar-refractivity contribution is -0.144. The lowest BCUT2D eigenvalue weighted by atomic mass is 9.85. The summed E-state index contributed by atoms with van der Waals surface area (Å²) in [6.45, 7) is 14.1. The smallest absolute Gasteiger partial charge is 0.251 e. The van der Waals surface area contributed by atoms with Crippen LogP contribution in [0.5, 0.6) is 0 Å². The number of likely N-dealkylation sites (tertiary alicyclic amines) is 1. The Balaban J connectivity index is 0.693. The summed E-state index contributed by atoms with van der Waals surface area (Å²) in [5, 5.41) is 25.9. The van der Waals surface area contributed by atoms with Crippen LogP contribution in [0.4, 0.5) is 5.69 Å². The van der Waals surface area contributed by atoms with Gasteiger partial charge in [0.15, 0.2) is 5.11 Å². The quantitative estimate of drug-likeness (QED) is 0.0294. The monoisotopic (exact) mass is 1180 g/mol. The molecule has 0 spiro atoms. The molecule has 21 nitrogen and oxygen atoms in total. The van der Waals surface area contributed by atoms with E-state index in [2.05, 4.69) is 41.5 Å². The first-order valence-electron chi connectivity index (χ1n) is 27.4. The van der Waals surface area contributed by atoms with Crippen LogP contribution in [0.15, 0.2) is 108 Å². The van der Waals surface area contributed by atoms with Gasteiger partial charge in [0.05, 0.1) is 79.4 Å². The molecule has 0 bridgehead atoms. The molecule has 7 rings (SSSR count). The molecule has 4 heterocycles. The Morgan fingerprint density at radius 2 is 1.48 bits per heavy atom. The second-order valence-electron chi connectivity index (χ2n) is 21.1. The highest BCUT2D eigenvalue weighted by atomic mass is 32.2. The molecule has 0 unspecified atom stereocenters. The molecular formula is C58H76N10O11S3. The molecule has 2 saturated heterocycles. The number of amides is 4. The van der Waals surface area contributed by atoms with Crippen molar-refractivity contribution in [3.8, 4) is 10.4 Å². The number of aliphatic hydroxyl groups is 1. The number of aryl methyl sites for hydroxylation is 1. The van der Waals surface area contributed by atoms with E-state index in [-0.39, 0.29) is 55.5 Å². The number of thiazole rings is 1. The van der Waals surface area contributed by atoms with E-state index in [0.29, 0.717) is 95.2 Å². The number of hydrogen-bond donors (Lipinski definition) is 6. The Hall–Kier alpha value is -6.32. The van der Waals surface area contributed by atoms with Gasteiger partial charge in [-0.1, -0.05) is 63.2 Å². The van der Waals surface area contributed by atoms with Crippen LogP contribution in [0.1, 0.15) is 72.9 Å². The van der Waals surface area contributed by atoms with E-state index in [1.165, 1.54) is 9.21 Å². The molecule has 5 aromatic rings. The SMILES string of the molecule is Cc1ncsc1-c1ccc([C@@H](C)NC(=O)[C@@H]2C[C@@H](O)CN2C(=O)[C@@H](NC(=O)COCCOCCOCCOCCNC(=O)c2ccc(CN3CCN(S(=O)(=O)c4ccc(NC(=S)NCc5cccnc5)cc4)CC3)cc2)C(C)(C)C)cc1. The molecule has 0 radical (unpaired) electrons. The number of anilines is 1. The molecule has 82 heavy (non-hydrogen) atoms. The van der Waals surface area contributed by atoms with Gasteiger partial charge in [-0.2, -0.15) is 4.31 Å². The number of sulfonamides is 1. The van der Waals surface area contributed by atoms with E-state index in [1.54, 1.807) is 60.1 Å². The highest BCUT2D eigenvalue weighted by Crippen LogP contribution is 2.30. The van der Waals surface area contributed by atoms with Gasteiger partial charge in [-0.25, -0.2) is 13.4 Å². The van der Waals surface area contributed by atoms with Crippen molar-refractivity contribution in [2.45, 2.75) is 83.3 Å². The van der Waals surface area contributed by atoms with Crippen molar-refractivity contribution in [3.63, 3.8) is 0 Å². The first kappa shape index (κ1) is 63.3. The number of ether oxygens (including phenoxy) is 4. The Morgan fingerprint density at radius 1 is 0.817 bits per heavy atom. The van der Waals surface area contributed by atoms with Gasteiger partial charge in [0.25, 0.3) is 5.91 Å². The van der Waals surface area contributed by atoms with Crippen molar-refractivity contribution in [1.29, 1.82) is 0 Å². The van der Waals surface area contributed by atoms with Gasteiger partial charge in [0.2, 0.25) is 27.7 Å². The number of hydrogen-bond acceptors (Lipinski definition) is 16. The molecule has 24 heteroatoms. The summed E-state index contributed by atoms with van der Waals surface area (Å²) in [4.78, 5) is 66.8. The Labute approximate surface area is 489 Å². The normalized spacial score (nSPS) is 16.7. The highest BCUT2D eigenvalue weighted by molar-refractivity contribution is 7.89. The average molecular weight is 1190 g/mol. The molecule has 3 aromatic carbocycles. The Bertz CT molecular complexity index is 2980. The number of benzene rings is 3. The maximum atomic E-state index is 14.0. The van der Waals surface area contributed by atoms with Gasteiger partial charge in [-0.05, 0) is 96.2 Å². The van der Waals surface area contributed by atoms with E-state index < -0.39 is 45.4 Å². The van der Waals surface area contributed by atoms with Crippen molar-refractivity contribution in [2.75, 3.05) is 97.4 Å². The second-order valence-corrected chi connectivity index (χ2v) is 24.3. The summed E-state index contributed by atoms with van der Waals surface area (Å²) in [7, 11) is -3.68. The van der Waals surface area contributed by atoms with Crippen LogP contribution in [-0.2, 0) is 56.4 Å². The minimum absolute atomic E-state index is 0.0359. The van der Waals surface area contributed by atoms with Crippen LogP contribution in [0.3, 0.4) is 0 Å². The van der Waals surface area contributed by atoms with Crippen LogP contribution < -0.4 is 26.6 Å². The molecular weight excluding hydrogens is 1110 g/mol. The van der Waals surface area contributed by atoms with Crippen molar-refractivity contribution in [3.05, 3.63) is 131 Å². The topological polar surface area (TPSA) is 255 Å². The fourth-order valence-corrected chi connectivity index (χ4v) is 11.7. The minimum atomic E-state index is -3.68. The fraction of sp³-hybridized carbons (Fsp3) is 0.466. The summed E-state index contributed by atoms with van der Waals surface area (Å²) < 4.78 is 50.7. The predicted molar refractivity (Wildman–Crippen MR) is 316 cm³/mol. The zero-order valence-electron chi connectivity index (χ0n) is 47.1. The lowest BCUT2D eigenvalue weighted by Gasteiger charge is -2.35. The summed E-state index contributed by atoms with van der Waals surface area (Å²) in [5.41, 5.74) is 7.16. The number of thiocarbonyl (C=S) groups is 1. The number of aromatic nitrogens is 2. The molecule has 2 aliphatic rings. The third-order valence-corrected chi connectivity index (χ3v) is 17.0. The van der Waals surface area contributed by atoms with Crippen molar-refractivity contribution < 1.29 is 51.6 Å². The van der Waals surface area contributed by atoms with Crippen LogP contribution in [0, 0.1) is 12.3 Å². The third kappa shape index (κ3) is 18.9. The van der Waals surface area contributed by atoms with E-state index in [0.717, 1.165) is 32.8 Å². The summed E-state index contributed by atoms with van der Waals surface area (Å²) >= 11 is 6.95. The number of nitrogens with zero attached hydrogens (tertiary/aromatic N) is 5. The highest BCUT2D eigenvalue weighted by Gasteiger charge is 2.45. The number of β-amino-alcohol motifs (C(OH)–C–C–N with tert-alkyl or cyclic N) is 1. The van der Waals surface area contributed by atoms with Gasteiger partial charge in [0.1, 0.15) is 18.7 Å². The molecule has 442 valence electrons. The van der Waals surface area contributed by atoms with Gasteiger partial charge < -0.3 is 55.5 Å². The number of pyridine rings is 1. The number of piperazine rings is 1. The minimum Gasteiger partial charge on any atom is -0.391 e. The first-order valence-corrected chi connectivity index (χ1v) is 30.1. The van der Waals surface area contributed by atoms with E-state index in [9.17, 15) is 32.7 Å². The predicted octanol–water partition coefficient (Wildman–Crippen LogP) is 4.67. The van der Waals surface area contributed by atoms with Gasteiger partial charge >= 0.3 is 0 Å². The number of rotatable bonds is 28. The largest absolute Gasteiger partial charge is 0.391 e. The summed E-state index contributed by atoms with van der Waals surface area (Å²) in [6.07, 6.45) is 2.64. The molecule has 2 fully saturated rings. The van der Waals surface area contributed by atoms with E-state index in [4.69, 9.17) is 31.2 Å². The van der Waals surface area contributed by atoms with Gasteiger partial charge in [-0.3, -0.25) is 29.1 Å². The van der Waals surface area contributed by atoms with Crippen molar-refractivity contribution in [1.82, 2.24) is 45.3 Å². The zero-order chi connectivity index (χ0) is 58.7. The molecule has 4 atom stereocenters. The van der Waals surface area contributed by atoms with Gasteiger partial charge in [-0.15, -0.1) is 11.3 Å². The first-order chi connectivity index (χ1) is 39.3. The molecule has 2 aromatic heterocycles. The van der Waals surface area contributed by atoms with Gasteiger partial charge in [0, 0.05) is 82.4 Å². The molecule has 0 saturated carbocycles. The molecule has 0 aliphatic carbocycles. The Kier molecular flexibility index (Phi) is 23.8. The Morgan fingerprint density at radius 3 is 2.10 bits per heavy atom. The van der Waals surface area contributed by atoms with Crippen LogP contribution >= 0.6 is 23.6 Å². The number of carbonyl (C=O) groups is 4. The number of carbonyl (C=O) groups excluding carboxylic acids is 4. The summed E-state index contributed by atoms with van der Waals surface area (Å²) in [6, 6.07) is 23.3. The fourth-order valence-electron chi connectivity index (χ4n) is 9.25. The lowest BCUT2D eigenvalue weighted by Crippen LogP contribution is -2.58. The van der Waals surface area contributed by atoms with E-state index in [1.807, 2.05) is 88.7 Å². The average Bonchev–Trinajstić information content (AvgIpc) is 4.17. The van der Waals surface area contributed by atoms with Crippen LogP contribution in [0.25, 0.3) is 10.4 Å². The van der Waals surface area contributed by atoms with E-state index >= 15 is 0 Å². The standard InChI is InChI=1S/C58H76N10O11S3/c1-40(44-12-14-45(15-13-44)52-41(2)62-39-81-52)63-55(72)50-33-48(69)37-68(50)56(73)53(58(3,4)5)65-51(70)38-79-32-31-78-30-29-77-28-27-76-26-21-60-54(71)46-10-8-42(9-11-46)36-66-22-24-67(25-23-66)82(74,75)49-18-16-47(17-19-49)64-57(80)61-35-43-7-6-20-59-34-43/h6-20,34,39-40,48,50,53,69H,21-33,35-38H2,1-5H3,(H,60,71)(H,63,72)(H,65,70)(H2,61,64,80)/t40-,48-,50+,53-/m1/s1. The third-order valence-electron chi connectivity index (χ3n) is 13.8. The summed E-state index contributed by atoms with van der Waals surface area (Å²) in [5.74, 6) is -1.57. The number of aliphatic hydroxyl groups excluding tert-OH is 1. The zero-order valence-corrected chi connectivity index (χ0v) is 49.6. The molecule has 4 amide bonds. The molecule has 6 N–H and O–H groups in total. The van der Waals surface area contributed by atoms with Crippen LogP contribution in [-0.4, -0.2) is 177 Å². The maximum Gasteiger partial charge on any atom is 0.251 e. The maximum absolute atomic E-state index is 14.0. The van der Waals surface area contributed by atoms with Crippen molar-refractivity contribution in [2.24, 2.45) is 5.41 Å². The molecule has 2 aliphatic heterocycles. The second kappa shape index (κ2) is 30.8.